The lowest BCUT2D eigenvalue weighted by atomic mass is 10.1. The van der Waals surface area contributed by atoms with Gasteiger partial charge < -0.3 is 20.1 Å². The van der Waals surface area contributed by atoms with E-state index in [1.807, 2.05) is 12.1 Å². The van der Waals surface area contributed by atoms with E-state index in [0.29, 0.717) is 34.3 Å². The zero-order valence-corrected chi connectivity index (χ0v) is 15.6. The summed E-state index contributed by atoms with van der Waals surface area (Å²) < 4.78 is 10.5. The number of carbonyl (C=O) groups is 2. The van der Waals surface area contributed by atoms with Gasteiger partial charge in [0, 0.05) is 19.0 Å². The highest BCUT2D eigenvalue weighted by atomic mass is 35.5. The number of aryl methyl sites for hydroxylation is 1. The number of hydrogen-bond donors (Lipinski definition) is 2. The summed E-state index contributed by atoms with van der Waals surface area (Å²) in [6.45, 7) is 1.39. The molecular formula is C19H21ClN2O4. The smallest absolute Gasteiger partial charge is 0.224 e. The summed E-state index contributed by atoms with van der Waals surface area (Å²) in [5, 5.41) is 5.82. The average Bonchev–Trinajstić information content (AvgIpc) is 2.62. The van der Waals surface area contributed by atoms with E-state index in [4.69, 9.17) is 21.1 Å². The number of nitrogens with one attached hydrogen (secondary N) is 2. The van der Waals surface area contributed by atoms with E-state index in [1.165, 1.54) is 6.92 Å². The zero-order chi connectivity index (χ0) is 19.1. The number of carbonyl (C=O) groups excluding carboxylic acids is 2. The predicted octanol–water partition coefficient (Wildman–Crippen LogP) is 3.89. The molecule has 2 rings (SSSR count). The lowest BCUT2D eigenvalue weighted by Crippen LogP contribution is -2.13. The second-order valence-corrected chi connectivity index (χ2v) is 6.01. The Kier molecular flexibility index (Phi) is 6.86. The van der Waals surface area contributed by atoms with Crippen molar-refractivity contribution in [1.29, 1.82) is 0 Å². The first-order valence-corrected chi connectivity index (χ1v) is 8.38. The van der Waals surface area contributed by atoms with E-state index in [0.717, 1.165) is 5.56 Å². The third-order valence-corrected chi connectivity index (χ3v) is 4.00. The Bertz CT molecular complexity index is 808. The molecule has 0 aliphatic carbocycles. The van der Waals surface area contributed by atoms with Crippen LogP contribution in [-0.4, -0.2) is 26.0 Å². The van der Waals surface area contributed by atoms with Crippen LogP contribution in [0.2, 0.25) is 5.02 Å². The summed E-state index contributed by atoms with van der Waals surface area (Å²) >= 11 is 6.03. The normalized spacial score (nSPS) is 10.2. The minimum Gasteiger partial charge on any atom is -0.497 e. The van der Waals surface area contributed by atoms with Crippen LogP contribution >= 0.6 is 11.6 Å². The van der Waals surface area contributed by atoms with Gasteiger partial charge in [0.15, 0.2) is 0 Å². The number of halogens is 1. The highest BCUT2D eigenvalue weighted by Crippen LogP contribution is 2.27. The van der Waals surface area contributed by atoms with Crippen molar-refractivity contribution < 1.29 is 19.1 Å². The van der Waals surface area contributed by atoms with Crippen molar-refractivity contribution in [2.45, 2.75) is 19.8 Å². The van der Waals surface area contributed by atoms with Crippen molar-refractivity contribution in [3.05, 3.63) is 47.0 Å². The Morgan fingerprint density at radius 1 is 1.04 bits per heavy atom. The van der Waals surface area contributed by atoms with Gasteiger partial charge in [0.05, 0.1) is 24.9 Å². The van der Waals surface area contributed by atoms with Crippen LogP contribution in [0, 0.1) is 0 Å². The van der Waals surface area contributed by atoms with E-state index in [1.54, 1.807) is 38.5 Å². The van der Waals surface area contributed by atoms with Crippen molar-refractivity contribution in [2.24, 2.45) is 0 Å². The van der Waals surface area contributed by atoms with Crippen LogP contribution in [0.3, 0.4) is 0 Å². The molecule has 7 heteroatoms. The second kappa shape index (κ2) is 9.10. The minimum absolute atomic E-state index is 0.161. The Labute approximate surface area is 157 Å². The van der Waals surface area contributed by atoms with Crippen LogP contribution in [0.1, 0.15) is 18.9 Å². The number of ether oxygens (including phenoxy) is 2. The molecule has 0 radical (unpaired) electrons. The van der Waals surface area contributed by atoms with Crippen molar-refractivity contribution in [3.8, 4) is 11.5 Å². The summed E-state index contributed by atoms with van der Waals surface area (Å²) in [5.74, 6) is 1.02. The van der Waals surface area contributed by atoms with E-state index >= 15 is 0 Å². The molecule has 0 unspecified atom stereocenters. The molecule has 0 bridgehead atoms. The zero-order valence-electron chi connectivity index (χ0n) is 14.9. The third-order valence-electron chi connectivity index (χ3n) is 3.67. The summed E-state index contributed by atoms with van der Waals surface area (Å²) in [5.41, 5.74) is 1.89. The molecule has 0 saturated heterocycles. The lowest BCUT2D eigenvalue weighted by molar-refractivity contribution is -0.116. The molecule has 0 spiro atoms. The second-order valence-electron chi connectivity index (χ2n) is 5.60. The van der Waals surface area contributed by atoms with Crippen LogP contribution in [0.5, 0.6) is 11.5 Å². The molecule has 0 fully saturated rings. The molecular weight excluding hydrogens is 356 g/mol. The molecule has 0 aliphatic heterocycles. The Morgan fingerprint density at radius 3 is 2.46 bits per heavy atom. The van der Waals surface area contributed by atoms with Gasteiger partial charge in [-0.2, -0.15) is 0 Å². The summed E-state index contributed by atoms with van der Waals surface area (Å²) in [4.78, 5) is 23.4. The number of anilines is 2. The van der Waals surface area contributed by atoms with E-state index in [-0.39, 0.29) is 18.2 Å². The monoisotopic (exact) mass is 376 g/mol. The van der Waals surface area contributed by atoms with Crippen molar-refractivity contribution >= 4 is 34.8 Å². The standard InChI is InChI=1S/C19H21ClN2O4/c1-12(23)21-17-11-14(5-7-16(17)20)22-19(24)9-4-13-10-15(25-2)6-8-18(13)26-3/h5-8,10-11H,4,9H2,1-3H3,(H,21,23)(H,22,24). The van der Waals surface area contributed by atoms with Gasteiger partial charge in [-0.3, -0.25) is 9.59 Å². The molecule has 0 aliphatic rings. The maximum Gasteiger partial charge on any atom is 0.224 e. The summed E-state index contributed by atoms with van der Waals surface area (Å²) in [7, 11) is 3.17. The number of hydrogen-bond acceptors (Lipinski definition) is 4. The van der Waals surface area contributed by atoms with Gasteiger partial charge in [-0.25, -0.2) is 0 Å². The largest absolute Gasteiger partial charge is 0.497 e. The van der Waals surface area contributed by atoms with Gasteiger partial charge in [-0.1, -0.05) is 11.6 Å². The molecule has 0 atom stereocenters. The maximum absolute atomic E-state index is 12.3. The van der Waals surface area contributed by atoms with E-state index in [9.17, 15) is 9.59 Å². The van der Waals surface area contributed by atoms with Crippen LogP contribution in [-0.2, 0) is 16.0 Å². The first-order valence-electron chi connectivity index (χ1n) is 8.01. The Hall–Kier alpha value is -2.73. The highest BCUT2D eigenvalue weighted by molar-refractivity contribution is 6.33. The third kappa shape index (κ3) is 5.39. The maximum atomic E-state index is 12.3. The van der Waals surface area contributed by atoms with Crippen LogP contribution in [0.15, 0.2) is 36.4 Å². The highest BCUT2D eigenvalue weighted by Gasteiger charge is 2.10. The Balaban J connectivity index is 2.02. The molecule has 0 aromatic heterocycles. The SMILES string of the molecule is COc1ccc(OC)c(CCC(=O)Nc2ccc(Cl)c(NC(C)=O)c2)c1. The molecule has 0 saturated carbocycles. The minimum atomic E-state index is -0.236. The van der Waals surface area contributed by atoms with Crippen molar-refractivity contribution in [1.82, 2.24) is 0 Å². The fraction of sp³-hybridized carbons (Fsp3) is 0.263. The van der Waals surface area contributed by atoms with Gasteiger partial charge in [0.25, 0.3) is 0 Å². The van der Waals surface area contributed by atoms with Gasteiger partial charge >= 0.3 is 0 Å². The molecule has 6 nitrogen and oxygen atoms in total. The fourth-order valence-electron chi connectivity index (χ4n) is 2.44. The van der Waals surface area contributed by atoms with Crippen molar-refractivity contribution in [3.63, 3.8) is 0 Å². The number of methoxy groups -OCH3 is 2. The fourth-order valence-corrected chi connectivity index (χ4v) is 2.60. The quantitative estimate of drug-likeness (QED) is 0.768. The number of benzene rings is 2. The first-order chi connectivity index (χ1) is 12.4. The molecule has 2 aromatic rings. The lowest BCUT2D eigenvalue weighted by Gasteiger charge is -2.11. The topological polar surface area (TPSA) is 76.7 Å². The molecule has 2 aromatic carbocycles. The molecule has 2 N–H and O–H groups in total. The average molecular weight is 377 g/mol. The van der Waals surface area contributed by atoms with Gasteiger partial charge in [-0.15, -0.1) is 0 Å². The first kappa shape index (κ1) is 19.6. The molecule has 0 heterocycles. The van der Waals surface area contributed by atoms with Crippen LogP contribution in [0.25, 0.3) is 0 Å². The van der Waals surface area contributed by atoms with Crippen LogP contribution in [0.4, 0.5) is 11.4 Å². The van der Waals surface area contributed by atoms with Gasteiger partial charge in [-0.05, 0) is 48.4 Å². The summed E-state index contributed by atoms with van der Waals surface area (Å²) in [6.07, 6.45) is 0.764. The number of rotatable bonds is 7. The van der Waals surface area contributed by atoms with Crippen LogP contribution < -0.4 is 20.1 Å². The summed E-state index contributed by atoms with van der Waals surface area (Å²) in [6, 6.07) is 10.4. The Morgan fingerprint density at radius 2 is 1.81 bits per heavy atom. The van der Waals surface area contributed by atoms with Gasteiger partial charge in [0.1, 0.15) is 11.5 Å². The number of amides is 2. The molecule has 26 heavy (non-hydrogen) atoms. The molecule has 2 amide bonds. The van der Waals surface area contributed by atoms with Crippen molar-refractivity contribution in [2.75, 3.05) is 24.9 Å². The van der Waals surface area contributed by atoms with Gasteiger partial charge in [0.2, 0.25) is 11.8 Å². The molecule has 138 valence electrons. The predicted molar refractivity (Wildman–Crippen MR) is 102 cm³/mol. The van der Waals surface area contributed by atoms with E-state index < -0.39 is 0 Å². The van der Waals surface area contributed by atoms with E-state index in [2.05, 4.69) is 10.6 Å².